The number of hydrogen-bond donors (Lipinski definition) is 3. The van der Waals surface area contributed by atoms with E-state index in [4.69, 9.17) is 0 Å². The first kappa shape index (κ1) is 14.3. The van der Waals surface area contributed by atoms with E-state index >= 15 is 0 Å². The van der Waals surface area contributed by atoms with Gasteiger partial charge in [0.15, 0.2) is 0 Å². The standard InChI is InChI=1S/C16H28N2O2/c19-15(14-13-7-5-6-12(13)10-17-14)18-11-16(20)8-3-1-2-4-9-16/h12-14,17,20H,1-11H2,(H,18,19). The summed E-state index contributed by atoms with van der Waals surface area (Å²) in [7, 11) is 0. The molecule has 0 aromatic rings. The van der Waals surface area contributed by atoms with Gasteiger partial charge in [0, 0.05) is 6.54 Å². The molecule has 1 heterocycles. The summed E-state index contributed by atoms with van der Waals surface area (Å²) in [6.45, 7) is 1.43. The van der Waals surface area contributed by atoms with E-state index in [9.17, 15) is 9.90 Å². The molecule has 0 spiro atoms. The molecule has 0 radical (unpaired) electrons. The minimum atomic E-state index is -0.667. The molecule has 114 valence electrons. The molecule has 1 amide bonds. The molecule has 2 saturated carbocycles. The van der Waals surface area contributed by atoms with Crippen molar-refractivity contribution >= 4 is 5.91 Å². The van der Waals surface area contributed by atoms with Gasteiger partial charge in [0.2, 0.25) is 5.91 Å². The molecule has 0 aromatic carbocycles. The van der Waals surface area contributed by atoms with Gasteiger partial charge in [0.1, 0.15) is 0 Å². The summed E-state index contributed by atoms with van der Waals surface area (Å²) >= 11 is 0. The zero-order chi connectivity index (χ0) is 14.0. The van der Waals surface area contributed by atoms with Crippen LogP contribution in [0.1, 0.15) is 57.8 Å². The highest BCUT2D eigenvalue weighted by Gasteiger charge is 2.42. The van der Waals surface area contributed by atoms with E-state index in [0.717, 1.165) is 32.2 Å². The predicted molar refractivity (Wildman–Crippen MR) is 78.3 cm³/mol. The Morgan fingerprint density at radius 3 is 2.65 bits per heavy atom. The van der Waals surface area contributed by atoms with E-state index in [0.29, 0.717) is 18.4 Å². The number of hydrogen-bond acceptors (Lipinski definition) is 3. The molecule has 3 rings (SSSR count). The van der Waals surface area contributed by atoms with Crippen LogP contribution < -0.4 is 10.6 Å². The molecular weight excluding hydrogens is 252 g/mol. The van der Waals surface area contributed by atoms with Crippen molar-refractivity contribution in [3.8, 4) is 0 Å². The number of carbonyl (C=O) groups excluding carboxylic acids is 1. The summed E-state index contributed by atoms with van der Waals surface area (Å²) in [5.41, 5.74) is -0.667. The van der Waals surface area contributed by atoms with Crippen LogP contribution in [0.15, 0.2) is 0 Å². The van der Waals surface area contributed by atoms with Crippen LogP contribution in [0.2, 0.25) is 0 Å². The first-order valence-electron chi connectivity index (χ1n) is 8.41. The first-order chi connectivity index (χ1) is 9.68. The predicted octanol–water partition coefficient (Wildman–Crippen LogP) is 1.58. The van der Waals surface area contributed by atoms with E-state index < -0.39 is 5.60 Å². The lowest BCUT2D eigenvalue weighted by Gasteiger charge is -2.28. The van der Waals surface area contributed by atoms with Crippen LogP contribution in [0.4, 0.5) is 0 Å². The molecule has 0 bridgehead atoms. The Morgan fingerprint density at radius 1 is 1.15 bits per heavy atom. The van der Waals surface area contributed by atoms with Gasteiger partial charge < -0.3 is 15.7 Å². The minimum Gasteiger partial charge on any atom is -0.388 e. The molecule has 3 aliphatic rings. The van der Waals surface area contributed by atoms with E-state index in [1.807, 2.05) is 0 Å². The van der Waals surface area contributed by atoms with Crippen molar-refractivity contribution in [3.63, 3.8) is 0 Å². The lowest BCUT2D eigenvalue weighted by molar-refractivity contribution is -0.125. The Morgan fingerprint density at radius 2 is 1.90 bits per heavy atom. The fraction of sp³-hybridized carbons (Fsp3) is 0.938. The van der Waals surface area contributed by atoms with Crippen LogP contribution in [0.3, 0.4) is 0 Å². The lowest BCUT2D eigenvalue weighted by atomic mass is 9.92. The molecule has 3 atom stereocenters. The molecule has 4 heteroatoms. The summed E-state index contributed by atoms with van der Waals surface area (Å²) in [6.07, 6.45) is 9.97. The SMILES string of the molecule is O=C(NCC1(O)CCCCCC1)C1NCC2CCCC21. The van der Waals surface area contributed by atoms with Gasteiger partial charge in [0.25, 0.3) is 0 Å². The number of fused-ring (bicyclic) bond motifs is 1. The average molecular weight is 280 g/mol. The zero-order valence-corrected chi connectivity index (χ0v) is 12.4. The Hall–Kier alpha value is -0.610. The third kappa shape index (κ3) is 3.01. The number of amides is 1. The van der Waals surface area contributed by atoms with Crippen LogP contribution in [0.5, 0.6) is 0 Å². The van der Waals surface area contributed by atoms with Crippen LogP contribution >= 0.6 is 0 Å². The molecule has 0 aromatic heterocycles. The molecule has 1 aliphatic heterocycles. The van der Waals surface area contributed by atoms with Gasteiger partial charge in [-0.05, 0) is 44.1 Å². The minimum absolute atomic E-state index is 0.0168. The fourth-order valence-corrected chi connectivity index (χ4v) is 4.40. The zero-order valence-electron chi connectivity index (χ0n) is 12.4. The molecule has 2 aliphatic carbocycles. The van der Waals surface area contributed by atoms with Crippen molar-refractivity contribution in [2.24, 2.45) is 11.8 Å². The summed E-state index contributed by atoms with van der Waals surface area (Å²) in [5.74, 6) is 1.34. The van der Waals surface area contributed by atoms with E-state index in [1.54, 1.807) is 0 Å². The maximum absolute atomic E-state index is 12.4. The quantitative estimate of drug-likeness (QED) is 0.688. The van der Waals surface area contributed by atoms with Crippen molar-refractivity contribution in [1.29, 1.82) is 0 Å². The van der Waals surface area contributed by atoms with Crippen molar-refractivity contribution in [2.75, 3.05) is 13.1 Å². The maximum Gasteiger partial charge on any atom is 0.237 e. The van der Waals surface area contributed by atoms with Gasteiger partial charge in [-0.2, -0.15) is 0 Å². The van der Waals surface area contributed by atoms with Crippen LogP contribution in [0, 0.1) is 11.8 Å². The molecule has 4 nitrogen and oxygen atoms in total. The molecule has 3 fully saturated rings. The first-order valence-corrected chi connectivity index (χ1v) is 8.41. The Balaban J connectivity index is 1.51. The largest absolute Gasteiger partial charge is 0.388 e. The van der Waals surface area contributed by atoms with Gasteiger partial charge in [0.05, 0.1) is 11.6 Å². The van der Waals surface area contributed by atoms with Gasteiger partial charge in [-0.1, -0.05) is 32.1 Å². The highest BCUT2D eigenvalue weighted by molar-refractivity contribution is 5.82. The van der Waals surface area contributed by atoms with Gasteiger partial charge in [-0.25, -0.2) is 0 Å². The summed E-state index contributed by atoms with van der Waals surface area (Å²) in [5, 5.41) is 17.0. The smallest absolute Gasteiger partial charge is 0.237 e. The average Bonchev–Trinajstić information content (AvgIpc) is 2.97. The Labute approximate surface area is 121 Å². The Kier molecular flexibility index (Phi) is 4.32. The van der Waals surface area contributed by atoms with Crippen molar-refractivity contribution in [1.82, 2.24) is 10.6 Å². The summed E-state index contributed by atoms with van der Waals surface area (Å²) in [6, 6.07) is -0.0168. The van der Waals surface area contributed by atoms with Crippen molar-refractivity contribution in [3.05, 3.63) is 0 Å². The topological polar surface area (TPSA) is 61.4 Å². The number of nitrogens with one attached hydrogen (secondary N) is 2. The van der Waals surface area contributed by atoms with Gasteiger partial charge in [-0.15, -0.1) is 0 Å². The fourth-order valence-electron chi connectivity index (χ4n) is 4.40. The van der Waals surface area contributed by atoms with Crippen molar-refractivity contribution < 1.29 is 9.90 Å². The molecule has 1 saturated heterocycles. The molecular formula is C16H28N2O2. The second-order valence-electron chi connectivity index (χ2n) is 7.10. The maximum atomic E-state index is 12.4. The van der Waals surface area contributed by atoms with Gasteiger partial charge in [-0.3, -0.25) is 4.79 Å². The van der Waals surface area contributed by atoms with E-state index in [-0.39, 0.29) is 11.9 Å². The Bertz CT molecular complexity index is 350. The summed E-state index contributed by atoms with van der Waals surface area (Å²) in [4.78, 5) is 12.4. The van der Waals surface area contributed by atoms with Gasteiger partial charge >= 0.3 is 0 Å². The second-order valence-corrected chi connectivity index (χ2v) is 7.10. The molecule has 3 N–H and O–H groups in total. The lowest BCUT2D eigenvalue weighted by Crippen LogP contribution is -2.49. The van der Waals surface area contributed by atoms with Crippen LogP contribution in [-0.4, -0.2) is 35.7 Å². The monoisotopic (exact) mass is 280 g/mol. The van der Waals surface area contributed by atoms with Crippen LogP contribution in [0.25, 0.3) is 0 Å². The highest BCUT2D eigenvalue weighted by atomic mass is 16.3. The van der Waals surface area contributed by atoms with Crippen LogP contribution in [-0.2, 0) is 4.79 Å². The van der Waals surface area contributed by atoms with E-state index in [1.165, 1.54) is 32.1 Å². The molecule has 3 unspecified atom stereocenters. The van der Waals surface area contributed by atoms with Crippen molar-refractivity contribution in [2.45, 2.75) is 69.4 Å². The normalized spacial score (nSPS) is 36.4. The third-order valence-electron chi connectivity index (χ3n) is 5.65. The summed E-state index contributed by atoms with van der Waals surface area (Å²) < 4.78 is 0. The highest BCUT2D eigenvalue weighted by Crippen LogP contribution is 2.37. The molecule has 20 heavy (non-hydrogen) atoms. The number of aliphatic hydroxyl groups is 1. The number of carbonyl (C=O) groups is 1. The number of rotatable bonds is 3. The second kappa shape index (κ2) is 6.02. The van der Waals surface area contributed by atoms with E-state index in [2.05, 4.69) is 10.6 Å². The third-order valence-corrected chi connectivity index (χ3v) is 5.65.